The third-order valence-corrected chi connectivity index (χ3v) is 13.3. The van der Waals surface area contributed by atoms with Gasteiger partial charge in [-0.2, -0.15) is 0 Å². The van der Waals surface area contributed by atoms with Crippen molar-refractivity contribution in [2.24, 2.45) is 0 Å². The molecule has 0 radical (unpaired) electrons. The number of para-hydroxylation sites is 3. The molecule has 51 heavy (non-hydrogen) atoms. The molecule has 5 heterocycles. The lowest BCUT2D eigenvalue weighted by atomic mass is 10.1. The fourth-order valence-corrected chi connectivity index (χ4v) is 11.2. The first-order valence-electron chi connectivity index (χ1n) is 16.9. The summed E-state index contributed by atoms with van der Waals surface area (Å²) in [4.78, 5) is 9.90. The van der Waals surface area contributed by atoms with Crippen LogP contribution >= 0.6 is 19.4 Å². The summed E-state index contributed by atoms with van der Waals surface area (Å²) >= 11 is 1.82. The predicted molar refractivity (Wildman–Crippen MR) is 214 cm³/mol. The Morgan fingerprint density at radius 3 is 2.04 bits per heavy atom. The lowest BCUT2D eigenvalue weighted by molar-refractivity contribution is 0.602. The Morgan fingerprint density at radius 1 is 0.569 bits per heavy atom. The SMILES string of the molecule is c1ccc(P(c2ccccc2)n2c3ccccc3c3ccc4sc(-n5c6ccccc6c6ccc(-c7cccc8ocnc78)nc65)cc4c32)cc1. The monoisotopic (exact) mass is 690 g/mol. The molecule has 0 aliphatic rings. The number of aromatic nitrogens is 4. The molecule has 0 spiro atoms. The van der Waals surface area contributed by atoms with E-state index in [9.17, 15) is 0 Å². The molecule has 5 aromatic heterocycles. The summed E-state index contributed by atoms with van der Waals surface area (Å²) in [7, 11) is -0.926. The van der Waals surface area contributed by atoms with E-state index in [1.165, 1.54) is 54.3 Å². The first-order chi connectivity index (χ1) is 25.3. The molecule has 7 heteroatoms. The van der Waals surface area contributed by atoms with Crippen LogP contribution in [0.2, 0.25) is 0 Å². The average molecular weight is 691 g/mol. The maximum absolute atomic E-state index is 5.64. The lowest BCUT2D eigenvalue weighted by Crippen LogP contribution is -2.16. The quantitative estimate of drug-likeness (QED) is 0.169. The Balaban J connectivity index is 1.21. The van der Waals surface area contributed by atoms with Gasteiger partial charge in [-0.25, -0.2) is 9.97 Å². The highest BCUT2D eigenvalue weighted by atomic mass is 32.1. The third-order valence-electron chi connectivity index (χ3n) is 9.87. The Hall–Kier alpha value is -6.07. The van der Waals surface area contributed by atoms with Crippen molar-refractivity contribution >= 4 is 94.9 Å². The standard InChI is InChI=1S/C44H27N4OPS/c1-3-12-28(13-4-1)50(29-14-5-2-6-15-29)48-38-20-10-8-16-30(38)32-23-25-40-35(43(32)48)26-41(51-40)47-37-19-9-7-17-31(37)33-22-24-36(46-44(33)47)34-18-11-21-39-42(34)45-27-49-39/h1-27H. The number of rotatable bonds is 5. The largest absolute Gasteiger partial charge is 0.443 e. The maximum atomic E-state index is 5.64. The van der Waals surface area contributed by atoms with Gasteiger partial charge in [-0.3, -0.25) is 4.57 Å². The van der Waals surface area contributed by atoms with Crippen molar-refractivity contribution in [2.75, 3.05) is 0 Å². The highest BCUT2D eigenvalue weighted by Gasteiger charge is 2.25. The fraction of sp³-hybridized carbons (Fsp3) is 0. The van der Waals surface area contributed by atoms with Crippen molar-refractivity contribution in [3.63, 3.8) is 0 Å². The van der Waals surface area contributed by atoms with Crippen molar-refractivity contribution < 1.29 is 4.42 Å². The molecule has 5 nitrogen and oxygen atoms in total. The first kappa shape index (κ1) is 28.7. The van der Waals surface area contributed by atoms with Crippen LogP contribution in [0.1, 0.15) is 0 Å². The molecule has 6 aromatic carbocycles. The first-order valence-corrected chi connectivity index (χ1v) is 19.0. The number of pyridine rings is 1. The summed E-state index contributed by atoms with van der Waals surface area (Å²) in [5, 5.41) is 9.85. The highest BCUT2D eigenvalue weighted by Crippen LogP contribution is 2.48. The Bertz CT molecular complexity index is 3060. The predicted octanol–water partition coefficient (Wildman–Crippen LogP) is 11.2. The molecule has 0 saturated carbocycles. The van der Waals surface area contributed by atoms with Gasteiger partial charge in [-0.05, 0) is 42.5 Å². The van der Waals surface area contributed by atoms with Gasteiger partial charge in [-0.1, -0.05) is 115 Å². The summed E-state index contributed by atoms with van der Waals surface area (Å²) in [5.41, 5.74) is 7.97. The van der Waals surface area contributed by atoms with Crippen LogP contribution in [0.25, 0.3) is 81.2 Å². The van der Waals surface area contributed by atoms with Gasteiger partial charge < -0.3 is 8.75 Å². The summed E-state index contributed by atoms with van der Waals surface area (Å²) < 4.78 is 11.9. The molecule has 0 N–H and O–H groups in total. The fourth-order valence-electron chi connectivity index (χ4n) is 7.68. The minimum absolute atomic E-state index is 0.754. The molecule has 11 aromatic rings. The summed E-state index contributed by atoms with van der Waals surface area (Å²) in [6, 6.07) is 56.8. The van der Waals surface area contributed by atoms with Gasteiger partial charge in [0.15, 0.2) is 12.0 Å². The molecule has 0 amide bonds. The van der Waals surface area contributed by atoms with Crippen LogP contribution in [0, 0.1) is 0 Å². The van der Waals surface area contributed by atoms with Crippen LogP contribution in [-0.4, -0.2) is 18.9 Å². The van der Waals surface area contributed by atoms with Gasteiger partial charge in [0.25, 0.3) is 0 Å². The molecule has 0 fully saturated rings. The van der Waals surface area contributed by atoms with E-state index in [2.05, 4.69) is 159 Å². The van der Waals surface area contributed by atoms with E-state index in [4.69, 9.17) is 9.40 Å². The second-order valence-electron chi connectivity index (χ2n) is 12.7. The van der Waals surface area contributed by atoms with Gasteiger partial charge in [0.2, 0.25) is 0 Å². The lowest BCUT2D eigenvalue weighted by Gasteiger charge is -2.23. The normalized spacial score (nSPS) is 12.1. The second kappa shape index (κ2) is 11.2. The van der Waals surface area contributed by atoms with Crippen molar-refractivity contribution in [2.45, 2.75) is 0 Å². The van der Waals surface area contributed by atoms with Crippen LogP contribution in [0.5, 0.6) is 0 Å². The smallest absolute Gasteiger partial charge is 0.182 e. The molecule has 0 atom stereocenters. The number of nitrogens with zero attached hydrogens (tertiary/aromatic N) is 4. The van der Waals surface area contributed by atoms with Gasteiger partial charge in [0.1, 0.15) is 16.2 Å². The van der Waals surface area contributed by atoms with Crippen molar-refractivity contribution in [1.82, 2.24) is 18.9 Å². The summed E-state index contributed by atoms with van der Waals surface area (Å²) in [6.45, 7) is 0. The van der Waals surface area contributed by atoms with Gasteiger partial charge in [-0.15, -0.1) is 11.3 Å². The van der Waals surface area contributed by atoms with E-state index in [1.807, 2.05) is 23.5 Å². The Kier molecular flexibility index (Phi) is 6.32. The average Bonchev–Trinajstić information content (AvgIpc) is 3.98. The van der Waals surface area contributed by atoms with Gasteiger partial charge in [0.05, 0.1) is 30.3 Å². The van der Waals surface area contributed by atoms with Crippen LogP contribution in [0.4, 0.5) is 0 Å². The number of oxazole rings is 1. The van der Waals surface area contributed by atoms with Crippen molar-refractivity contribution in [3.05, 3.63) is 164 Å². The molecule has 0 unspecified atom stereocenters. The van der Waals surface area contributed by atoms with Crippen LogP contribution < -0.4 is 10.6 Å². The zero-order valence-electron chi connectivity index (χ0n) is 27.1. The van der Waals surface area contributed by atoms with E-state index in [0.29, 0.717) is 0 Å². The van der Waals surface area contributed by atoms with E-state index in [-0.39, 0.29) is 0 Å². The van der Waals surface area contributed by atoms with Crippen LogP contribution in [-0.2, 0) is 0 Å². The zero-order valence-corrected chi connectivity index (χ0v) is 28.9. The number of fused-ring (bicyclic) bond motifs is 9. The van der Waals surface area contributed by atoms with Crippen LogP contribution in [0.3, 0.4) is 0 Å². The molecule has 0 aliphatic carbocycles. The van der Waals surface area contributed by atoms with E-state index in [0.717, 1.165) is 43.9 Å². The number of hydrogen-bond acceptors (Lipinski definition) is 4. The molecule has 0 saturated heterocycles. The third kappa shape index (κ3) is 4.31. The highest BCUT2D eigenvalue weighted by molar-refractivity contribution is 7.72. The summed E-state index contributed by atoms with van der Waals surface area (Å²) in [6.07, 6.45) is 1.50. The van der Waals surface area contributed by atoms with Crippen molar-refractivity contribution in [1.29, 1.82) is 0 Å². The minimum atomic E-state index is -0.926. The maximum Gasteiger partial charge on any atom is 0.182 e. The molecule has 11 rings (SSSR count). The van der Waals surface area contributed by atoms with Crippen molar-refractivity contribution in [3.8, 4) is 16.3 Å². The zero-order chi connectivity index (χ0) is 33.5. The minimum Gasteiger partial charge on any atom is -0.443 e. The molecule has 240 valence electrons. The number of hydrogen-bond donors (Lipinski definition) is 0. The molecule has 0 aliphatic heterocycles. The van der Waals surface area contributed by atoms with E-state index < -0.39 is 8.07 Å². The second-order valence-corrected chi connectivity index (χ2v) is 15.8. The molecular formula is C44H27N4OPS. The Morgan fingerprint density at radius 2 is 1.25 bits per heavy atom. The summed E-state index contributed by atoms with van der Waals surface area (Å²) in [5.74, 6) is 0. The molecule has 0 bridgehead atoms. The molecular weight excluding hydrogens is 664 g/mol. The van der Waals surface area contributed by atoms with Gasteiger partial charge >= 0.3 is 0 Å². The Labute approximate surface area is 297 Å². The number of thiophene rings is 1. The topological polar surface area (TPSA) is 48.8 Å². The van der Waals surface area contributed by atoms with E-state index >= 15 is 0 Å². The van der Waals surface area contributed by atoms with Crippen LogP contribution in [0.15, 0.2) is 169 Å². The van der Waals surface area contributed by atoms with E-state index in [1.54, 1.807) is 0 Å². The van der Waals surface area contributed by atoms with Gasteiger partial charge in [0, 0.05) is 47.8 Å². The number of benzene rings is 6.